The third kappa shape index (κ3) is 3.42. The Morgan fingerprint density at radius 1 is 1.38 bits per heavy atom. The largest absolute Gasteiger partial charge is 0.376 e. The first-order valence-corrected chi connectivity index (χ1v) is 7.28. The number of carbonyl (C=O) groups excluding carboxylic acids is 1. The van der Waals surface area contributed by atoms with Crippen LogP contribution in [-0.4, -0.2) is 32.9 Å². The second-order valence-electron chi connectivity index (χ2n) is 5.43. The van der Waals surface area contributed by atoms with Gasteiger partial charge in [-0.25, -0.2) is 4.98 Å². The molecule has 0 unspecified atom stereocenters. The van der Waals surface area contributed by atoms with Crippen LogP contribution in [0.2, 0.25) is 0 Å². The van der Waals surface area contributed by atoms with Crippen LogP contribution in [0.4, 0.5) is 5.69 Å². The number of para-hydroxylation sites is 1. The summed E-state index contributed by atoms with van der Waals surface area (Å²) in [6.07, 6.45) is 5.88. The van der Waals surface area contributed by atoms with E-state index < -0.39 is 0 Å². The smallest absolute Gasteiger partial charge is 0.242 e. The van der Waals surface area contributed by atoms with Crippen molar-refractivity contribution in [3.63, 3.8) is 0 Å². The van der Waals surface area contributed by atoms with Gasteiger partial charge >= 0.3 is 0 Å². The number of imidazole rings is 1. The second kappa shape index (κ2) is 5.99. The molecule has 2 aromatic rings. The number of amides is 1. The number of carbonyl (C=O) groups is 1. The summed E-state index contributed by atoms with van der Waals surface area (Å²) in [4.78, 5) is 18.7. The number of rotatable bonds is 6. The van der Waals surface area contributed by atoms with E-state index in [0.717, 1.165) is 24.4 Å². The van der Waals surface area contributed by atoms with Crippen LogP contribution in [0.15, 0.2) is 42.7 Å². The molecule has 3 rings (SSSR count). The molecule has 0 saturated heterocycles. The van der Waals surface area contributed by atoms with E-state index in [1.54, 1.807) is 6.20 Å². The van der Waals surface area contributed by atoms with Crippen molar-refractivity contribution in [2.75, 3.05) is 11.9 Å². The molecule has 1 N–H and O–H groups in total. The second-order valence-corrected chi connectivity index (χ2v) is 5.43. The van der Waals surface area contributed by atoms with Crippen LogP contribution in [0.25, 0.3) is 0 Å². The van der Waals surface area contributed by atoms with Crippen molar-refractivity contribution >= 4 is 11.6 Å². The molecule has 1 aromatic heterocycles. The fourth-order valence-electron chi connectivity index (χ4n) is 2.34. The number of nitrogens with zero attached hydrogens (tertiary/aromatic N) is 3. The van der Waals surface area contributed by atoms with E-state index in [4.69, 9.17) is 0 Å². The average molecular weight is 284 g/mol. The first kappa shape index (κ1) is 13.7. The third-order valence-corrected chi connectivity index (χ3v) is 3.76. The molecule has 5 heteroatoms. The molecule has 21 heavy (non-hydrogen) atoms. The summed E-state index contributed by atoms with van der Waals surface area (Å²) >= 11 is 0. The van der Waals surface area contributed by atoms with E-state index in [-0.39, 0.29) is 5.91 Å². The van der Waals surface area contributed by atoms with Gasteiger partial charge in [-0.1, -0.05) is 18.2 Å². The Kier molecular flexibility index (Phi) is 3.90. The number of benzene rings is 1. The summed E-state index contributed by atoms with van der Waals surface area (Å²) in [5.41, 5.74) is 0.971. The zero-order valence-corrected chi connectivity index (χ0v) is 12.2. The maximum atomic E-state index is 12.5. The summed E-state index contributed by atoms with van der Waals surface area (Å²) < 4.78 is 1.97. The van der Waals surface area contributed by atoms with Crippen molar-refractivity contribution in [2.24, 2.45) is 7.05 Å². The monoisotopic (exact) mass is 284 g/mol. The Balaban J connectivity index is 1.61. The van der Waals surface area contributed by atoms with Gasteiger partial charge < -0.3 is 14.8 Å². The highest BCUT2D eigenvalue weighted by atomic mass is 16.2. The van der Waals surface area contributed by atoms with Crippen molar-refractivity contribution in [3.05, 3.63) is 48.5 Å². The van der Waals surface area contributed by atoms with Crippen molar-refractivity contribution in [3.8, 4) is 0 Å². The van der Waals surface area contributed by atoms with E-state index in [1.165, 1.54) is 0 Å². The van der Waals surface area contributed by atoms with E-state index in [0.29, 0.717) is 19.1 Å². The van der Waals surface area contributed by atoms with Gasteiger partial charge in [-0.05, 0) is 25.0 Å². The average Bonchev–Trinajstić information content (AvgIpc) is 3.27. The first-order chi connectivity index (χ1) is 10.2. The summed E-state index contributed by atoms with van der Waals surface area (Å²) in [5, 5.41) is 3.18. The van der Waals surface area contributed by atoms with Crippen molar-refractivity contribution in [1.29, 1.82) is 0 Å². The Bertz CT molecular complexity index is 604. The van der Waals surface area contributed by atoms with Crippen molar-refractivity contribution in [1.82, 2.24) is 14.5 Å². The summed E-state index contributed by atoms with van der Waals surface area (Å²) in [7, 11) is 1.96. The van der Waals surface area contributed by atoms with Crippen molar-refractivity contribution < 1.29 is 4.79 Å². The molecular weight excluding hydrogens is 264 g/mol. The highest BCUT2D eigenvalue weighted by molar-refractivity contribution is 5.81. The van der Waals surface area contributed by atoms with Crippen LogP contribution in [-0.2, 0) is 18.4 Å². The Morgan fingerprint density at radius 2 is 2.14 bits per heavy atom. The van der Waals surface area contributed by atoms with Crippen LogP contribution in [0.3, 0.4) is 0 Å². The van der Waals surface area contributed by atoms with Gasteiger partial charge in [0, 0.05) is 31.2 Å². The summed E-state index contributed by atoms with van der Waals surface area (Å²) in [6, 6.07) is 10.2. The number of hydrogen-bond acceptors (Lipinski definition) is 3. The lowest BCUT2D eigenvalue weighted by Crippen LogP contribution is -2.37. The number of aryl methyl sites for hydroxylation is 1. The highest BCUT2D eigenvalue weighted by Gasteiger charge is 2.32. The normalized spacial score (nSPS) is 14.0. The van der Waals surface area contributed by atoms with Gasteiger partial charge in [0.1, 0.15) is 5.82 Å². The minimum absolute atomic E-state index is 0.129. The van der Waals surface area contributed by atoms with Gasteiger partial charge in [-0.2, -0.15) is 0 Å². The zero-order chi connectivity index (χ0) is 14.7. The molecule has 0 atom stereocenters. The number of anilines is 1. The molecule has 1 aromatic carbocycles. The molecule has 1 aliphatic carbocycles. The lowest BCUT2D eigenvalue weighted by atomic mass is 10.3. The van der Waals surface area contributed by atoms with Crippen LogP contribution in [0, 0.1) is 0 Å². The van der Waals surface area contributed by atoms with Gasteiger partial charge in [0.2, 0.25) is 5.91 Å². The van der Waals surface area contributed by atoms with Gasteiger partial charge in [0.15, 0.2) is 0 Å². The lowest BCUT2D eigenvalue weighted by Gasteiger charge is -2.22. The molecule has 110 valence electrons. The first-order valence-electron chi connectivity index (χ1n) is 7.28. The molecular formula is C16H20N4O. The molecule has 0 aliphatic heterocycles. The molecule has 1 aliphatic rings. The molecule has 1 fully saturated rings. The molecule has 0 spiro atoms. The van der Waals surface area contributed by atoms with Gasteiger partial charge in [-0.3, -0.25) is 4.79 Å². The summed E-state index contributed by atoms with van der Waals surface area (Å²) in [5.74, 6) is 1.05. The van der Waals surface area contributed by atoms with Crippen LogP contribution in [0.1, 0.15) is 18.7 Å². The quantitative estimate of drug-likeness (QED) is 0.883. The topological polar surface area (TPSA) is 50.2 Å². The maximum Gasteiger partial charge on any atom is 0.242 e. The molecule has 5 nitrogen and oxygen atoms in total. The van der Waals surface area contributed by atoms with Crippen molar-refractivity contribution in [2.45, 2.75) is 25.4 Å². The minimum atomic E-state index is 0.129. The third-order valence-electron chi connectivity index (χ3n) is 3.76. The minimum Gasteiger partial charge on any atom is -0.376 e. The molecule has 1 amide bonds. The Morgan fingerprint density at radius 3 is 2.76 bits per heavy atom. The fraction of sp³-hybridized carbons (Fsp3) is 0.375. The maximum absolute atomic E-state index is 12.5. The highest BCUT2D eigenvalue weighted by Crippen LogP contribution is 2.28. The van der Waals surface area contributed by atoms with Gasteiger partial charge in [0.25, 0.3) is 0 Å². The summed E-state index contributed by atoms with van der Waals surface area (Å²) in [6.45, 7) is 0.911. The van der Waals surface area contributed by atoms with Gasteiger partial charge in [-0.15, -0.1) is 0 Å². The number of nitrogens with one attached hydrogen (secondary N) is 1. The van der Waals surface area contributed by atoms with E-state index >= 15 is 0 Å². The zero-order valence-electron chi connectivity index (χ0n) is 12.2. The Labute approximate surface area is 124 Å². The number of aromatic nitrogens is 2. The molecule has 1 saturated carbocycles. The fourth-order valence-corrected chi connectivity index (χ4v) is 2.34. The Hall–Kier alpha value is -2.30. The predicted molar refractivity (Wildman–Crippen MR) is 81.7 cm³/mol. The molecule has 0 bridgehead atoms. The molecule has 1 heterocycles. The van der Waals surface area contributed by atoms with E-state index in [1.807, 2.05) is 53.0 Å². The predicted octanol–water partition coefficient (Wildman–Crippen LogP) is 2.02. The van der Waals surface area contributed by atoms with E-state index in [2.05, 4.69) is 10.3 Å². The van der Waals surface area contributed by atoms with Crippen LogP contribution >= 0.6 is 0 Å². The number of hydrogen-bond donors (Lipinski definition) is 1. The molecule has 0 radical (unpaired) electrons. The van der Waals surface area contributed by atoms with Crippen LogP contribution < -0.4 is 5.32 Å². The lowest BCUT2D eigenvalue weighted by molar-refractivity contribution is -0.130. The van der Waals surface area contributed by atoms with Gasteiger partial charge in [0.05, 0.1) is 13.1 Å². The van der Waals surface area contributed by atoms with Crippen LogP contribution in [0.5, 0.6) is 0 Å². The van der Waals surface area contributed by atoms with E-state index in [9.17, 15) is 4.79 Å². The standard InChI is InChI=1S/C16H20N4O/c1-19-10-9-17-15(19)12-20(14-7-8-14)16(21)11-18-13-5-3-2-4-6-13/h2-6,9-10,14,18H,7-8,11-12H2,1H3. The SMILES string of the molecule is Cn1ccnc1CN(C(=O)CNc1ccccc1)C1CC1.